The number of nitrogens with two attached hydrogens (primary N) is 1. The van der Waals surface area contributed by atoms with Crippen LogP contribution >= 0.6 is 36.3 Å². The molecular formula is C22H22Cl2N6OS. The normalized spacial score (nSPS) is 10.6. The summed E-state index contributed by atoms with van der Waals surface area (Å²) in [6, 6.07) is 14.0. The first-order chi connectivity index (χ1) is 14.7. The quantitative estimate of drug-likeness (QED) is 0.319. The molecule has 0 atom stereocenters. The molecule has 32 heavy (non-hydrogen) atoms. The lowest BCUT2D eigenvalue weighted by Crippen LogP contribution is -2.10. The van der Waals surface area contributed by atoms with Crippen LogP contribution in [0.4, 0.5) is 11.5 Å². The zero-order valence-electron chi connectivity index (χ0n) is 17.2. The number of aromatic nitrogens is 4. The highest BCUT2D eigenvalue weighted by Crippen LogP contribution is 2.34. The van der Waals surface area contributed by atoms with Gasteiger partial charge in [-0.1, -0.05) is 6.07 Å². The van der Waals surface area contributed by atoms with Gasteiger partial charge in [0.1, 0.15) is 23.3 Å². The number of halogens is 2. The summed E-state index contributed by atoms with van der Waals surface area (Å²) < 4.78 is 13.6. The minimum atomic E-state index is 0. The Kier molecular flexibility index (Phi) is 7.52. The standard InChI is InChI=1S/C22H20N6OS.2ClH/c1-14-11-15(27-22-21-17(24-13-25-22)7-9-28(21)10-8-23)5-6-18(14)29-19-3-2-4-20-16(19)12-26-30-20;;/h2-7,9,11-13H,8,10,23H2,1H3,(H,24,25,27);2*1H. The first-order valence-corrected chi connectivity index (χ1v) is 10.4. The number of fused-ring (bicyclic) bond motifs is 2. The van der Waals surface area contributed by atoms with Crippen molar-refractivity contribution in [2.24, 2.45) is 5.73 Å². The fraction of sp³-hybridized carbons (Fsp3) is 0.136. The third-order valence-electron chi connectivity index (χ3n) is 4.94. The van der Waals surface area contributed by atoms with Gasteiger partial charge in [-0.25, -0.2) is 9.97 Å². The van der Waals surface area contributed by atoms with E-state index in [9.17, 15) is 0 Å². The largest absolute Gasteiger partial charge is 0.456 e. The Hall–Kier alpha value is -2.91. The maximum Gasteiger partial charge on any atom is 0.158 e. The Morgan fingerprint density at radius 1 is 1.09 bits per heavy atom. The lowest BCUT2D eigenvalue weighted by molar-refractivity contribution is 0.484. The molecule has 0 spiro atoms. The van der Waals surface area contributed by atoms with Gasteiger partial charge >= 0.3 is 0 Å². The van der Waals surface area contributed by atoms with Gasteiger partial charge in [-0.3, -0.25) is 0 Å². The van der Waals surface area contributed by atoms with Crippen LogP contribution in [0.15, 0.2) is 61.2 Å². The van der Waals surface area contributed by atoms with E-state index in [0.717, 1.165) is 49.7 Å². The minimum absolute atomic E-state index is 0. The number of anilines is 2. The molecule has 0 fully saturated rings. The molecular weight excluding hydrogens is 467 g/mol. The second-order valence-corrected chi connectivity index (χ2v) is 7.79. The first-order valence-electron chi connectivity index (χ1n) is 9.62. The molecule has 10 heteroatoms. The molecule has 0 bridgehead atoms. The van der Waals surface area contributed by atoms with Crippen LogP contribution in [0.25, 0.3) is 21.1 Å². The molecule has 7 nitrogen and oxygen atoms in total. The second kappa shape index (κ2) is 10.1. The van der Waals surface area contributed by atoms with Gasteiger partial charge < -0.3 is 20.4 Å². The van der Waals surface area contributed by atoms with E-state index in [2.05, 4.69) is 24.2 Å². The molecule has 3 heterocycles. The average Bonchev–Trinajstić information content (AvgIpc) is 3.39. The zero-order valence-corrected chi connectivity index (χ0v) is 19.6. The van der Waals surface area contributed by atoms with E-state index in [1.54, 1.807) is 6.33 Å². The Morgan fingerprint density at radius 3 is 2.78 bits per heavy atom. The summed E-state index contributed by atoms with van der Waals surface area (Å²) in [6.07, 6.45) is 5.40. The molecule has 5 aromatic rings. The lowest BCUT2D eigenvalue weighted by atomic mass is 10.2. The number of benzene rings is 2. The summed E-state index contributed by atoms with van der Waals surface area (Å²) >= 11 is 1.46. The molecule has 0 aliphatic carbocycles. The van der Waals surface area contributed by atoms with Gasteiger partial charge in [0.05, 0.1) is 21.8 Å². The Bertz CT molecular complexity index is 1350. The van der Waals surface area contributed by atoms with Crippen LogP contribution < -0.4 is 15.8 Å². The predicted molar refractivity (Wildman–Crippen MR) is 135 cm³/mol. The molecule has 0 unspecified atom stereocenters. The van der Waals surface area contributed by atoms with Crippen molar-refractivity contribution in [1.29, 1.82) is 0 Å². The minimum Gasteiger partial charge on any atom is -0.456 e. The van der Waals surface area contributed by atoms with E-state index >= 15 is 0 Å². The molecule has 3 N–H and O–H groups in total. The third-order valence-corrected chi connectivity index (χ3v) is 5.70. The molecule has 0 aliphatic heterocycles. The Morgan fingerprint density at radius 2 is 1.97 bits per heavy atom. The number of hydrogen-bond acceptors (Lipinski definition) is 7. The van der Waals surface area contributed by atoms with Crippen LogP contribution in [0, 0.1) is 6.92 Å². The van der Waals surface area contributed by atoms with Crippen LogP contribution in [0.5, 0.6) is 11.5 Å². The molecule has 0 saturated heterocycles. The molecule has 5 rings (SSSR count). The van der Waals surface area contributed by atoms with Crippen LogP contribution in [0.1, 0.15) is 5.56 Å². The van der Waals surface area contributed by atoms with E-state index in [1.165, 1.54) is 11.5 Å². The fourth-order valence-electron chi connectivity index (χ4n) is 3.50. The van der Waals surface area contributed by atoms with Crippen molar-refractivity contribution in [3.8, 4) is 11.5 Å². The summed E-state index contributed by atoms with van der Waals surface area (Å²) in [5.74, 6) is 2.36. The monoisotopic (exact) mass is 488 g/mol. The SMILES string of the molecule is Cc1cc(Nc2ncnc3ccn(CCN)c23)ccc1Oc1cccc2sncc12.Cl.Cl. The molecule has 0 saturated carbocycles. The number of aryl methyl sites for hydroxylation is 1. The maximum atomic E-state index is 6.19. The molecule has 0 aliphatic rings. The zero-order chi connectivity index (χ0) is 20.5. The van der Waals surface area contributed by atoms with Crippen LogP contribution in [-0.2, 0) is 6.54 Å². The molecule has 166 valence electrons. The smallest absolute Gasteiger partial charge is 0.158 e. The van der Waals surface area contributed by atoms with Crippen LogP contribution in [0.3, 0.4) is 0 Å². The number of ether oxygens (including phenoxy) is 1. The van der Waals surface area contributed by atoms with Crippen molar-refractivity contribution in [3.63, 3.8) is 0 Å². The molecule has 0 radical (unpaired) electrons. The number of nitrogens with zero attached hydrogens (tertiary/aromatic N) is 4. The van der Waals surface area contributed by atoms with Gasteiger partial charge in [0, 0.05) is 25.0 Å². The number of rotatable bonds is 6. The topological polar surface area (TPSA) is 90.9 Å². The first kappa shape index (κ1) is 23.7. The number of nitrogens with one attached hydrogen (secondary N) is 1. The van der Waals surface area contributed by atoms with E-state index in [1.807, 2.05) is 61.8 Å². The Labute approximate surface area is 201 Å². The van der Waals surface area contributed by atoms with E-state index in [-0.39, 0.29) is 24.8 Å². The van der Waals surface area contributed by atoms with Crippen molar-refractivity contribution < 1.29 is 4.74 Å². The second-order valence-electron chi connectivity index (χ2n) is 6.96. The summed E-state index contributed by atoms with van der Waals surface area (Å²) in [7, 11) is 0. The summed E-state index contributed by atoms with van der Waals surface area (Å²) in [6.45, 7) is 3.29. The molecule has 3 aromatic heterocycles. The summed E-state index contributed by atoms with van der Waals surface area (Å²) in [4.78, 5) is 8.79. The van der Waals surface area contributed by atoms with Crippen molar-refractivity contribution >= 4 is 69.0 Å². The van der Waals surface area contributed by atoms with E-state index < -0.39 is 0 Å². The van der Waals surface area contributed by atoms with Crippen molar-refractivity contribution in [2.75, 3.05) is 11.9 Å². The molecule has 0 amide bonds. The highest BCUT2D eigenvalue weighted by atomic mass is 35.5. The average molecular weight is 489 g/mol. The van der Waals surface area contributed by atoms with Crippen molar-refractivity contribution in [3.05, 3.63) is 66.7 Å². The molecule has 2 aromatic carbocycles. The fourth-order valence-corrected chi connectivity index (χ4v) is 4.16. The van der Waals surface area contributed by atoms with Gasteiger partial charge in [0.25, 0.3) is 0 Å². The van der Waals surface area contributed by atoms with Gasteiger partial charge in [-0.05, 0) is 60.4 Å². The van der Waals surface area contributed by atoms with Gasteiger partial charge in [-0.2, -0.15) is 4.37 Å². The Balaban J connectivity index is 0.00000144. The van der Waals surface area contributed by atoms with Crippen LogP contribution in [-0.4, -0.2) is 25.5 Å². The highest BCUT2D eigenvalue weighted by Gasteiger charge is 2.11. The number of hydrogen-bond donors (Lipinski definition) is 2. The lowest BCUT2D eigenvalue weighted by Gasteiger charge is -2.13. The van der Waals surface area contributed by atoms with Crippen LogP contribution in [0.2, 0.25) is 0 Å². The van der Waals surface area contributed by atoms with Crippen molar-refractivity contribution in [1.82, 2.24) is 18.9 Å². The van der Waals surface area contributed by atoms with E-state index in [4.69, 9.17) is 10.5 Å². The van der Waals surface area contributed by atoms with E-state index in [0.29, 0.717) is 13.1 Å². The van der Waals surface area contributed by atoms with Crippen molar-refractivity contribution in [2.45, 2.75) is 13.5 Å². The summed E-state index contributed by atoms with van der Waals surface area (Å²) in [5.41, 5.74) is 9.51. The highest BCUT2D eigenvalue weighted by molar-refractivity contribution is 7.13. The van der Waals surface area contributed by atoms with Gasteiger partial charge in [-0.15, -0.1) is 24.8 Å². The predicted octanol–water partition coefficient (Wildman–Crippen LogP) is 5.69. The summed E-state index contributed by atoms with van der Waals surface area (Å²) in [5, 5.41) is 4.43. The third kappa shape index (κ3) is 4.49. The van der Waals surface area contributed by atoms with Gasteiger partial charge in [0.15, 0.2) is 5.82 Å². The van der Waals surface area contributed by atoms with Gasteiger partial charge in [0.2, 0.25) is 0 Å². The maximum absolute atomic E-state index is 6.19.